The van der Waals surface area contributed by atoms with Gasteiger partial charge in [0.2, 0.25) is 0 Å². The van der Waals surface area contributed by atoms with Gasteiger partial charge in [-0.1, -0.05) is 32.4 Å². The van der Waals surface area contributed by atoms with Crippen molar-refractivity contribution >= 4 is 45.6 Å². The molecule has 0 spiro atoms. The van der Waals surface area contributed by atoms with E-state index in [4.69, 9.17) is 11.6 Å². The molecule has 6 heteroatoms. The second-order valence-corrected chi connectivity index (χ2v) is 10.3. The topological polar surface area (TPSA) is 52.9 Å². The number of rotatable bonds is 3. The Morgan fingerprint density at radius 1 is 1.41 bits per heavy atom. The Labute approximate surface area is 174 Å². The molecule has 2 aromatic rings. The number of thiophene rings is 1. The predicted octanol–water partition coefficient (Wildman–Crippen LogP) is 6.40. The van der Waals surface area contributed by atoms with E-state index in [0.29, 0.717) is 27.1 Å². The summed E-state index contributed by atoms with van der Waals surface area (Å²) < 4.78 is 0. The van der Waals surface area contributed by atoms with Gasteiger partial charge in [-0.25, -0.2) is 0 Å². The Bertz CT molecular complexity index is 921. The van der Waals surface area contributed by atoms with Crippen molar-refractivity contribution in [3.8, 4) is 6.07 Å². The molecule has 1 aromatic heterocycles. The van der Waals surface area contributed by atoms with Crippen LogP contribution >= 0.6 is 34.7 Å². The summed E-state index contributed by atoms with van der Waals surface area (Å²) >= 11 is 9.33. The fraction of sp³-hybridized carbons (Fsp3) is 0.429. The van der Waals surface area contributed by atoms with Gasteiger partial charge in [0.25, 0.3) is 5.91 Å². The summed E-state index contributed by atoms with van der Waals surface area (Å²) in [6.45, 7) is 6.81. The van der Waals surface area contributed by atoms with E-state index in [-0.39, 0.29) is 11.3 Å². The van der Waals surface area contributed by atoms with Gasteiger partial charge in [0.05, 0.1) is 16.1 Å². The van der Waals surface area contributed by atoms with Crippen LogP contribution in [0.4, 0.5) is 5.00 Å². The molecular weight excluding hydrogens is 396 g/mol. The highest BCUT2D eigenvalue weighted by Gasteiger charge is 2.32. The molecule has 142 valence electrons. The molecule has 0 unspecified atom stereocenters. The van der Waals surface area contributed by atoms with E-state index in [0.717, 1.165) is 29.7 Å². The zero-order chi connectivity index (χ0) is 19.8. The summed E-state index contributed by atoms with van der Waals surface area (Å²) in [7, 11) is 0. The summed E-state index contributed by atoms with van der Waals surface area (Å²) in [4.78, 5) is 15.0. The summed E-state index contributed by atoms with van der Waals surface area (Å²) in [5.41, 5.74) is 2.41. The standard InChI is InChI=1S/C21H23ClN2OS2/c1-21(2,3)12-5-7-14-16(11-23)20(27-18(14)9-12)24-19(25)15-10-13(26-4)6-8-17(15)22/h6,8,10,12H,5,7,9H2,1-4H3,(H,24,25)/t12-/m1/s1. The fourth-order valence-corrected chi connectivity index (χ4v) is 5.42. The molecule has 0 saturated carbocycles. The molecule has 1 heterocycles. The number of nitrogens with one attached hydrogen (secondary N) is 1. The third-order valence-electron chi connectivity index (χ3n) is 5.25. The van der Waals surface area contributed by atoms with E-state index in [1.807, 2.05) is 12.3 Å². The highest BCUT2D eigenvalue weighted by Crippen LogP contribution is 2.44. The summed E-state index contributed by atoms with van der Waals surface area (Å²) in [6.07, 6.45) is 4.90. The third-order valence-corrected chi connectivity index (χ3v) is 7.47. The Kier molecular flexibility index (Phi) is 5.90. The predicted molar refractivity (Wildman–Crippen MR) is 115 cm³/mol. The van der Waals surface area contributed by atoms with E-state index in [1.54, 1.807) is 35.2 Å². The number of nitrogens with zero attached hydrogens (tertiary/aromatic N) is 1. The van der Waals surface area contributed by atoms with Crippen LogP contribution in [0.5, 0.6) is 0 Å². The second-order valence-electron chi connectivity index (χ2n) is 7.93. The minimum absolute atomic E-state index is 0.240. The second kappa shape index (κ2) is 7.87. The Hall–Kier alpha value is -1.48. The number of hydrogen-bond acceptors (Lipinski definition) is 4. The molecule has 1 aliphatic carbocycles. The lowest BCUT2D eigenvalue weighted by atomic mass is 9.72. The van der Waals surface area contributed by atoms with Crippen molar-refractivity contribution in [3.05, 3.63) is 44.8 Å². The number of carbonyl (C=O) groups is 1. The number of fused-ring (bicyclic) bond motifs is 1. The highest BCUT2D eigenvalue weighted by atomic mass is 35.5. The maximum atomic E-state index is 12.8. The maximum absolute atomic E-state index is 12.8. The van der Waals surface area contributed by atoms with Gasteiger partial charge in [-0.15, -0.1) is 23.1 Å². The SMILES string of the molecule is CSc1ccc(Cl)c(C(=O)Nc2sc3c(c2C#N)CC[C@@H](C(C)(C)C)C3)c1. The molecule has 0 saturated heterocycles. The van der Waals surface area contributed by atoms with E-state index < -0.39 is 0 Å². The van der Waals surface area contributed by atoms with Crippen LogP contribution in [-0.2, 0) is 12.8 Å². The third kappa shape index (κ3) is 4.18. The van der Waals surface area contributed by atoms with E-state index in [1.165, 1.54) is 4.88 Å². The minimum atomic E-state index is -0.265. The maximum Gasteiger partial charge on any atom is 0.257 e. The van der Waals surface area contributed by atoms with Gasteiger partial charge >= 0.3 is 0 Å². The van der Waals surface area contributed by atoms with Crippen LogP contribution in [0.1, 0.15) is 53.6 Å². The smallest absolute Gasteiger partial charge is 0.257 e. The van der Waals surface area contributed by atoms with E-state index in [2.05, 4.69) is 32.2 Å². The quantitative estimate of drug-likeness (QED) is 0.586. The molecule has 1 aromatic carbocycles. The highest BCUT2D eigenvalue weighted by molar-refractivity contribution is 7.98. The molecule has 0 aliphatic heterocycles. The zero-order valence-electron chi connectivity index (χ0n) is 16.0. The lowest BCUT2D eigenvalue weighted by Gasteiger charge is -2.33. The molecule has 0 radical (unpaired) electrons. The monoisotopic (exact) mass is 418 g/mol. The van der Waals surface area contributed by atoms with Crippen LogP contribution in [0.2, 0.25) is 5.02 Å². The Balaban J connectivity index is 1.90. The molecule has 3 rings (SSSR count). The number of hydrogen-bond donors (Lipinski definition) is 1. The first kappa shape index (κ1) is 20.3. The van der Waals surface area contributed by atoms with Crippen LogP contribution < -0.4 is 5.32 Å². The van der Waals surface area contributed by atoms with Crippen molar-refractivity contribution in [2.75, 3.05) is 11.6 Å². The average molecular weight is 419 g/mol. The summed E-state index contributed by atoms with van der Waals surface area (Å²) in [6, 6.07) is 7.73. The van der Waals surface area contributed by atoms with Crippen molar-refractivity contribution < 1.29 is 4.79 Å². The minimum Gasteiger partial charge on any atom is -0.312 e. The van der Waals surface area contributed by atoms with Gasteiger partial charge in [0.15, 0.2) is 0 Å². The molecule has 1 atom stereocenters. The molecular formula is C21H23ClN2OS2. The van der Waals surface area contributed by atoms with Gasteiger partial charge in [-0.2, -0.15) is 5.26 Å². The van der Waals surface area contributed by atoms with Crippen LogP contribution in [0, 0.1) is 22.7 Å². The fourth-order valence-electron chi connectivity index (χ4n) is 3.51. The van der Waals surface area contributed by atoms with Crippen molar-refractivity contribution in [1.29, 1.82) is 5.26 Å². The van der Waals surface area contributed by atoms with Crippen molar-refractivity contribution in [2.24, 2.45) is 11.3 Å². The first-order chi connectivity index (χ1) is 12.7. The first-order valence-corrected chi connectivity index (χ1v) is 11.4. The largest absolute Gasteiger partial charge is 0.312 e. The molecule has 1 aliphatic rings. The van der Waals surface area contributed by atoms with E-state index >= 15 is 0 Å². The summed E-state index contributed by atoms with van der Waals surface area (Å²) in [5.74, 6) is 0.324. The normalized spacial score (nSPS) is 16.5. The number of thioether (sulfide) groups is 1. The van der Waals surface area contributed by atoms with E-state index in [9.17, 15) is 10.1 Å². The first-order valence-electron chi connectivity index (χ1n) is 8.94. The van der Waals surface area contributed by atoms with Crippen molar-refractivity contribution in [2.45, 2.75) is 44.9 Å². The Morgan fingerprint density at radius 3 is 2.78 bits per heavy atom. The zero-order valence-corrected chi connectivity index (χ0v) is 18.4. The number of amides is 1. The molecule has 0 bridgehead atoms. The van der Waals surface area contributed by atoms with Gasteiger partial charge in [-0.05, 0) is 60.6 Å². The molecule has 1 amide bonds. The summed E-state index contributed by atoms with van der Waals surface area (Å²) in [5, 5.41) is 13.7. The molecule has 3 nitrogen and oxygen atoms in total. The van der Waals surface area contributed by atoms with Crippen LogP contribution in [0.3, 0.4) is 0 Å². The van der Waals surface area contributed by atoms with Crippen molar-refractivity contribution in [1.82, 2.24) is 0 Å². The van der Waals surface area contributed by atoms with Crippen LogP contribution in [0.25, 0.3) is 0 Å². The van der Waals surface area contributed by atoms with Gasteiger partial charge in [-0.3, -0.25) is 4.79 Å². The molecule has 27 heavy (non-hydrogen) atoms. The number of nitriles is 1. The number of benzene rings is 1. The lowest BCUT2D eigenvalue weighted by Crippen LogP contribution is -2.26. The number of halogens is 1. The average Bonchev–Trinajstić information content (AvgIpc) is 2.97. The van der Waals surface area contributed by atoms with Gasteiger partial charge in [0, 0.05) is 9.77 Å². The Morgan fingerprint density at radius 2 is 2.15 bits per heavy atom. The van der Waals surface area contributed by atoms with Crippen LogP contribution in [0.15, 0.2) is 23.1 Å². The number of carbonyl (C=O) groups excluding carboxylic acids is 1. The van der Waals surface area contributed by atoms with Crippen LogP contribution in [-0.4, -0.2) is 12.2 Å². The molecule has 0 fully saturated rings. The lowest BCUT2D eigenvalue weighted by molar-refractivity contribution is 0.102. The molecule has 1 N–H and O–H groups in total. The number of anilines is 1. The van der Waals surface area contributed by atoms with Crippen molar-refractivity contribution in [3.63, 3.8) is 0 Å². The van der Waals surface area contributed by atoms with Gasteiger partial charge < -0.3 is 5.32 Å². The van der Waals surface area contributed by atoms with Gasteiger partial charge in [0.1, 0.15) is 11.1 Å².